The first-order valence-electron chi connectivity index (χ1n) is 5.26. The molecule has 2 unspecified atom stereocenters. The molecule has 14 heavy (non-hydrogen) atoms. The summed E-state index contributed by atoms with van der Waals surface area (Å²) in [6.45, 7) is 7.18. The minimum atomic E-state index is -0.706. The van der Waals surface area contributed by atoms with Crippen LogP contribution < -0.4 is 5.32 Å². The molecular weight excluding hydrogens is 182 g/mol. The summed E-state index contributed by atoms with van der Waals surface area (Å²) >= 11 is 0. The first-order chi connectivity index (χ1) is 6.64. The maximum absolute atomic E-state index is 9.67. The highest BCUT2D eigenvalue weighted by atomic mass is 16.5. The fourth-order valence-corrected chi connectivity index (χ4v) is 1.24. The zero-order chi connectivity index (χ0) is 10.4. The van der Waals surface area contributed by atoms with E-state index in [1.807, 2.05) is 6.92 Å². The molecule has 2 N–H and O–H groups in total. The van der Waals surface area contributed by atoms with Crippen molar-refractivity contribution in [2.75, 3.05) is 32.9 Å². The van der Waals surface area contributed by atoms with Crippen LogP contribution in [0, 0.1) is 0 Å². The van der Waals surface area contributed by atoms with Crippen molar-refractivity contribution in [3.8, 4) is 0 Å². The minimum Gasteiger partial charge on any atom is -0.388 e. The molecule has 1 aliphatic rings. The van der Waals surface area contributed by atoms with Gasteiger partial charge < -0.3 is 19.9 Å². The average molecular weight is 203 g/mol. The molecule has 0 aromatic carbocycles. The Hall–Kier alpha value is -0.160. The molecule has 0 aromatic rings. The third kappa shape index (κ3) is 4.37. The Labute approximate surface area is 85.6 Å². The fraction of sp³-hybridized carbons (Fsp3) is 1.00. The van der Waals surface area contributed by atoms with Crippen LogP contribution in [0.25, 0.3) is 0 Å². The summed E-state index contributed by atoms with van der Waals surface area (Å²) < 4.78 is 10.9. The molecule has 1 aliphatic heterocycles. The zero-order valence-corrected chi connectivity index (χ0v) is 9.08. The van der Waals surface area contributed by atoms with Crippen molar-refractivity contribution in [2.24, 2.45) is 0 Å². The molecule has 0 radical (unpaired) electrons. The normalized spacial score (nSPS) is 27.2. The highest BCUT2D eigenvalue weighted by molar-refractivity contribution is 4.71. The van der Waals surface area contributed by atoms with Crippen molar-refractivity contribution in [1.82, 2.24) is 5.32 Å². The van der Waals surface area contributed by atoms with Crippen molar-refractivity contribution in [3.63, 3.8) is 0 Å². The molecule has 0 amide bonds. The Morgan fingerprint density at radius 3 is 3.00 bits per heavy atom. The van der Waals surface area contributed by atoms with Crippen LogP contribution in [0.2, 0.25) is 0 Å². The standard InChI is InChI=1S/C10H21NO3/c1-3-10(2,12)8-13-7-9-6-11-4-5-14-9/h9,11-12H,3-8H2,1-2H3. The van der Waals surface area contributed by atoms with E-state index in [2.05, 4.69) is 5.32 Å². The lowest BCUT2D eigenvalue weighted by atomic mass is 10.1. The largest absolute Gasteiger partial charge is 0.388 e. The van der Waals surface area contributed by atoms with Gasteiger partial charge in [-0.3, -0.25) is 0 Å². The number of ether oxygens (including phenoxy) is 2. The quantitative estimate of drug-likeness (QED) is 0.668. The molecule has 84 valence electrons. The van der Waals surface area contributed by atoms with E-state index in [1.165, 1.54) is 0 Å². The van der Waals surface area contributed by atoms with Gasteiger partial charge in [-0.1, -0.05) is 6.92 Å². The van der Waals surface area contributed by atoms with E-state index in [1.54, 1.807) is 6.92 Å². The molecular formula is C10H21NO3. The molecule has 0 bridgehead atoms. The summed E-state index contributed by atoms with van der Waals surface area (Å²) in [5.74, 6) is 0. The number of hydrogen-bond donors (Lipinski definition) is 2. The van der Waals surface area contributed by atoms with Crippen molar-refractivity contribution in [1.29, 1.82) is 0 Å². The molecule has 2 atom stereocenters. The van der Waals surface area contributed by atoms with Gasteiger partial charge in [0.15, 0.2) is 0 Å². The van der Waals surface area contributed by atoms with E-state index in [4.69, 9.17) is 9.47 Å². The second-order valence-corrected chi connectivity index (χ2v) is 4.06. The summed E-state index contributed by atoms with van der Waals surface area (Å²) in [7, 11) is 0. The highest BCUT2D eigenvalue weighted by Crippen LogP contribution is 2.09. The molecule has 1 fully saturated rings. The third-order valence-electron chi connectivity index (χ3n) is 2.48. The summed E-state index contributed by atoms with van der Waals surface area (Å²) in [6.07, 6.45) is 0.841. The van der Waals surface area contributed by atoms with Crippen LogP contribution >= 0.6 is 0 Å². The second-order valence-electron chi connectivity index (χ2n) is 4.06. The van der Waals surface area contributed by atoms with E-state index in [0.717, 1.165) is 19.7 Å². The van der Waals surface area contributed by atoms with Crippen molar-refractivity contribution in [3.05, 3.63) is 0 Å². The van der Waals surface area contributed by atoms with Gasteiger partial charge in [0, 0.05) is 13.1 Å². The monoisotopic (exact) mass is 203 g/mol. The smallest absolute Gasteiger partial charge is 0.0933 e. The van der Waals surface area contributed by atoms with E-state index in [-0.39, 0.29) is 6.10 Å². The first-order valence-corrected chi connectivity index (χ1v) is 5.26. The van der Waals surface area contributed by atoms with E-state index in [9.17, 15) is 5.11 Å². The zero-order valence-electron chi connectivity index (χ0n) is 9.08. The predicted molar refractivity (Wildman–Crippen MR) is 54.3 cm³/mol. The molecule has 0 saturated carbocycles. The summed E-state index contributed by atoms with van der Waals surface area (Å²) in [6, 6.07) is 0. The van der Waals surface area contributed by atoms with E-state index < -0.39 is 5.60 Å². The Kier molecular flexibility index (Phi) is 4.81. The first kappa shape index (κ1) is 11.9. The van der Waals surface area contributed by atoms with Crippen LogP contribution in [0.3, 0.4) is 0 Å². The lowest BCUT2D eigenvalue weighted by molar-refractivity contribution is -0.0779. The number of hydrogen-bond acceptors (Lipinski definition) is 4. The summed E-state index contributed by atoms with van der Waals surface area (Å²) in [4.78, 5) is 0. The van der Waals surface area contributed by atoms with Gasteiger partial charge in [-0.05, 0) is 13.3 Å². The van der Waals surface area contributed by atoms with Crippen LogP contribution in [0.1, 0.15) is 20.3 Å². The van der Waals surface area contributed by atoms with Gasteiger partial charge in [-0.25, -0.2) is 0 Å². The van der Waals surface area contributed by atoms with Crippen molar-refractivity contribution in [2.45, 2.75) is 32.0 Å². The summed E-state index contributed by atoms with van der Waals surface area (Å²) in [5, 5.41) is 12.9. The number of rotatable bonds is 5. The van der Waals surface area contributed by atoms with E-state index in [0.29, 0.717) is 19.6 Å². The van der Waals surface area contributed by atoms with Crippen LogP contribution in [-0.4, -0.2) is 49.7 Å². The van der Waals surface area contributed by atoms with Gasteiger partial charge in [-0.15, -0.1) is 0 Å². The Bertz CT molecular complexity index is 155. The lowest BCUT2D eigenvalue weighted by Crippen LogP contribution is -2.42. The predicted octanol–water partition coefficient (Wildman–Crippen LogP) is 0.152. The molecule has 0 aliphatic carbocycles. The molecule has 4 heteroatoms. The summed E-state index contributed by atoms with van der Waals surface area (Å²) in [5.41, 5.74) is -0.706. The Morgan fingerprint density at radius 2 is 2.43 bits per heavy atom. The second kappa shape index (κ2) is 5.66. The fourth-order valence-electron chi connectivity index (χ4n) is 1.24. The molecule has 1 saturated heterocycles. The van der Waals surface area contributed by atoms with Crippen LogP contribution in [0.4, 0.5) is 0 Å². The van der Waals surface area contributed by atoms with Gasteiger partial charge in [0.2, 0.25) is 0 Å². The maximum Gasteiger partial charge on any atom is 0.0933 e. The molecule has 1 rings (SSSR count). The number of nitrogens with one attached hydrogen (secondary N) is 1. The Morgan fingerprint density at radius 1 is 1.64 bits per heavy atom. The third-order valence-corrected chi connectivity index (χ3v) is 2.48. The van der Waals surface area contributed by atoms with Gasteiger partial charge in [0.1, 0.15) is 0 Å². The molecule has 0 spiro atoms. The average Bonchev–Trinajstić information content (AvgIpc) is 2.19. The highest BCUT2D eigenvalue weighted by Gasteiger charge is 2.19. The lowest BCUT2D eigenvalue weighted by Gasteiger charge is -2.26. The van der Waals surface area contributed by atoms with Crippen LogP contribution in [0.5, 0.6) is 0 Å². The van der Waals surface area contributed by atoms with E-state index >= 15 is 0 Å². The van der Waals surface area contributed by atoms with Gasteiger partial charge in [0.25, 0.3) is 0 Å². The van der Waals surface area contributed by atoms with Crippen molar-refractivity contribution < 1.29 is 14.6 Å². The van der Waals surface area contributed by atoms with Crippen LogP contribution in [0.15, 0.2) is 0 Å². The van der Waals surface area contributed by atoms with Gasteiger partial charge in [0.05, 0.1) is 31.5 Å². The molecule has 1 heterocycles. The Balaban J connectivity index is 2.08. The van der Waals surface area contributed by atoms with Crippen molar-refractivity contribution >= 4 is 0 Å². The minimum absolute atomic E-state index is 0.136. The molecule has 0 aromatic heterocycles. The SMILES string of the molecule is CCC(C)(O)COCC1CNCCO1. The van der Waals surface area contributed by atoms with Crippen LogP contribution in [-0.2, 0) is 9.47 Å². The van der Waals surface area contributed by atoms with Gasteiger partial charge in [-0.2, -0.15) is 0 Å². The molecule has 4 nitrogen and oxygen atoms in total. The number of aliphatic hydroxyl groups is 1. The number of morpholine rings is 1. The topological polar surface area (TPSA) is 50.7 Å². The van der Waals surface area contributed by atoms with Gasteiger partial charge >= 0.3 is 0 Å². The maximum atomic E-state index is 9.67.